The second-order valence-electron chi connectivity index (χ2n) is 8.90. The van der Waals surface area contributed by atoms with Crippen LogP contribution in [0.15, 0.2) is 54.6 Å². The average molecular weight is 452 g/mol. The van der Waals surface area contributed by atoms with Crippen molar-refractivity contribution in [2.24, 2.45) is 0 Å². The third kappa shape index (κ3) is 6.60. The van der Waals surface area contributed by atoms with Gasteiger partial charge in [-0.2, -0.15) is 0 Å². The van der Waals surface area contributed by atoms with E-state index in [0.717, 1.165) is 57.8 Å². The van der Waals surface area contributed by atoms with Gasteiger partial charge < -0.3 is 9.80 Å². The zero-order chi connectivity index (χ0) is 23.0. The minimum Gasteiger partial charge on any atom is -0.339 e. The maximum absolute atomic E-state index is 12.8. The minimum absolute atomic E-state index is 0.166. The van der Waals surface area contributed by atoms with Crippen molar-refractivity contribution in [2.75, 3.05) is 65.4 Å². The Hall–Kier alpha value is -2.81. The van der Waals surface area contributed by atoms with E-state index in [2.05, 4.69) is 45.0 Å². The van der Waals surface area contributed by atoms with E-state index in [9.17, 15) is 14.9 Å². The Morgan fingerprint density at radius 1 is 0.788 bits per heavy atom. The fourth-order valence-corrected chi connectivity index (χ4v) is 4.61. The lowest BCUT2D eigenvalue weighted by atomic mass is 10.1. The maximum atomic E-state index is 12.8. The molecule has 2 heterocycles. The summed E-state index contributed by atoms with van der Waals surface area (Å²) in [5.41, 5.74) is 2.27. The van der Waals surface area contributed by atoms with Crippen molar-refractivity contribution >= 4 is 11.6 Å². The largest absolute Gasteiger partial charge is 0.339 e. The predicted molar refractivity (Wildman–Crippen MR) is 128 cm³/mol. The van der Waals surface area contributed by atoms with Gasteiger partial charge in [0.15, 0.2) is 0 Å². The van der Waals surface area contributed by atoms with Crippen LogP contribution < -0.4 is 0 Å². The van der Waals surface area contributed by atoms with Crippen LogP contribution in [-0.2, 0) is 17.8 Å². The Labute approximate surface area is 195 Å². The molecular weight excluding hydrogens is 418 g/mol. The molecule has 33 heavy (non-hydrogen) atoms. The molecule has 8 nitrogen and oxygen atoms in total. The van der Waals surface area contributed by atoms with Gasteiger partial charge in [0.2, 0.25) is 5.91 Å². The highest BCUT2D eigenvalue weighted by atomic mass is 16.6. The van der Waals surface area contributed by atoms with Crippen molar-refractivity contribution in [3.63, 3.8) is 0 Å². The van der Waals surface area contributed by atoms with Crippen LogP contribution in [0.25, 0.3) is 0 Å². The van der Waals surface area contributed by atoms with Crippen LogP contribution >= 0.6 is 0 Å². The quantitative estimate of drug-likeness (QED) is 0.452. The van der Waals surface area contributed by atoms with E-state index in [4.69, 9.17) is 0 Å². The molecule has 2 aromatic carbocycles. The molecule has 8 heteroatoms. The Bertz CT molecular complexity index is 923. The summed E-state index contributed by atoms with van der Waals surface area (Å²) in [7, 11) is 0. The summed E-state index contributed by atoms with van der Waals surface area (Å²) in [6.45, 7) is 8.79. The first-order valence-electron chi connectivity index (χ1n) is 11.8. The van der Waals surface area contributed by atoms with E-state index < -0.39 is 0 Å². The number of piperazine rings is 2. The van der Waals surface area contributed by atoms with E-state index in [1.54, 1.807) is 12.1 Å². The molecular formula is C25H33N5O3. The second-order valence-corrected chi connectivity index (χ2v) is 8.90. The lowest BCUT2D eigenvalue weighted by Gasteiger charge is -2.38. The fraction of sp³-hybridized carbons (Fsp3) is 0.480. The summed E-state index contributed by atoms with van der Waals surface area (Å²) in [5, 5.41) is 11.2. The molecule has 0 atom stereocenters. The van der Waals surface area contributed by atoms with Crippen LogP contribution in [0.1, 0.15) is 11.1 Å². The van der Waals surface area contributed by atoms with Crippen LogP contribution in [0.2, 0.25) is 0 Å². The number of hydrogen-bond donors (Lipinski definition) is 0. The zero-order valence-electron chi connectivity index (χ0n) is 19.1. The maximum Gasteiger partial charge on any atom is 0.273 e. The van der Waals surface area contributed by atoms with Gasteiger partial charge in [0, 0.05) is 77.1 Å². The number of carbonyl (C=O) groups is 1. The first-order valence-corrected chi connectivity index (χ1v) is 11.8. The molecule has 0 N–H and O–H groups in total. The van der Waals surface area contributed by atoms with Crippen molar-refractivity contribution in [1.82, 2.24) is 19.6 Å². The molecule has 0 radical (unpaired) electrons. The SMILES string of the molecule is O=C(CN1CCN(CCc2ccccc2)CC1)N1CCN(Cc2ccccc2[N+](=O)[O-])CC1. The molecule has 4 rings (SSSR count). The van der Waals surface area contributed by atoms with Gasteiger partial charge >= 0.3 is 0 Å². The standard InChI is InChI=1S/C25H33N5O3/c31-25(21-28-14-12-26(13-15-28)11-10-22-6-2-1-3-7-22)29-18-16-27(17-19-29)20-23-8-4-5-9-24(23)30(32)33/h1-9H,10-21H2. The predicted octanol–water partition coefficient (Wildman–Crippen LogP) is 2.10. The van der Waals surface area contributed by atoms with Crippen LogP contribution in [0.4, 0.5) is 5.69 Å². The molecule has 176 valence electrons. The van der Waals surface area contributed by atoms with Gasteiger partial charge in [-0.3, -0.25) is 24.7 Å². The van der Waals surface area contributed by atoms with E-state index in [0.29, 0.717) is 26.2 Å². The summed E-state index contributed by atoms with van der Waals surface area (Å²) >= 11 is 0. The fourth-order valence-electron chi connectivity index (χ4n) is 4.61. The molecule has 2 fully saturated rings. The highest BCUT2D eigenvalue weighted by molar-refractivity contribution is 5.78. The zero-order valence-corrected chi connectivity index (χ0v) is 19.1. The summed E-state index contributed by atoms with van der Waals surface area (Å²) in [6.07, 6.45) is 1.07. The van der Waals surface area contributed by atoms with Crippen molar-refractivity contribution in [3.05, 3.63) is 75.8 Å². The smallest absolute Gasteiger partial charge is 0.273 e. The Balaban J connectivity index is 1.16. The van der Waals surface area contributed by atoms with Crippen molar-refractivity contribution < 1.29 is 9.72 Å². The van der Waals surface area contributed by atoms with Gasteiger partial charge in [-0.1, -0.05) is 48.5 Å². The van der Waals surface area contributed by atoms with Crippen molar-refractivity contribution in [1.29, 1.82) is 0 Å². The summed E-state index contributed by atoms with van der Waals surface area (Å²) in [4.78, 5) is 32.6. The van der Waals surface area contributed by atoms with Gasteiger partial charge in [-0.05, 0) is 12.0 Å². The summed E-state index contributed by atoms with van der Waals surface area (Å²) < 4.78 is 0. The third-order valence-corrected chi connectivity index (χ3v) is 6.69. The van der Waals surface area contributed by atoms with E-state index in [1.165, 1.54) is 5.56 Å². The van der Waals surface area contributed by atoms with Gasteiger partial charge in [-0.25, -0.2) is 0 Å². The monoisotopic (exact) mass is 451 g/mol. The highest BCUT2D eigenvalue weighted by Gasteiger charge is 2.25. The van der Waals surface area contributed by atoms with Gasteiger partial charge in [0.05, 0.1) is 11.5 Å². The number of benzene rings is 2. The third-order valence-electron chi connectivity index (χ3n) is 6.69. The van der Waals surface area contributed by atoms with Crippen molar-refractivity contribution in [2.45, 2.75) is 13.0 Å². The van der Waals surface area contributed by atoms with E-state index >= 15 is 0 Å². The molecule has 0 bridgehead atoms. The molecule has 2 aliphatic heterocycles. The van der Waals surface area contributed by atoms with Crippen LogP contribution in [-0.4, -0.2) is 95.9 Å². The molecule has 0 unspecified atom stereocenters. The second kappa shape index (κ2) is 11.4. The molecule has 0 spiro atoms. The van der Waals surface area contributed by atoms with E-state index in [-0.39, 0.29) is 16.5 Å². The molecule has 2 saturated heterocycles. The highest BCUT2D eigenvalue weighted by Crippen LogP contribution is 2.20. The molecule has 0 saturated carbocycles. The summed E-state index contributed by atoms with van der Waals surface area (Å²) in [6, 6.07) is 17.5. The molecule has 2 aromatic rings. The van der Waals surface area contributed by atoms with Crippen LogP contribution in [0.5, 0.6) is 0 Å². The number of nitro groups is 1. The Kier molecular flexibility index (Phi) is 8.04. The lowest BCUT2D eigenvalue weighted by molar-refractivity contribution is -0.385. The number of rotatable bonds is 8. The Morgan fingerprint density at radius 3 is 2.09 bits per heavy atom. The molecule has 1 amide bonds. The van der Waals surface area contributed by atoms with Crippen LogP contribution in [0, 0.1) is 10.1 Å². The number of carbonyl (C=O) groups excluding carboxylic acids is 1. The number of nitrogens with zero attached hydrogens (tertiary/aromatic N) is 5. The first-order chi connectivity index (χ1) is 16.1. The number of hydrogen-bond acceptors (Lipinski definition) is 6. The number of para-hydroxylation sites is 1. The number of amides is 1. The van der Waals surface area contributed by atoms with Gasteiger partial charge in [0.1, 0.15) is 0 Å². The molecule has 0 aromatic heterocycles. The van der Waals surface area contributed by atoms with Gasteiger partial charge in [0.25, 0.3) is 5.69 Å². The van der Waals surface area contributed by atoms with Crippen molar-refractivity contribution in [3.8, 4) is 0 Å². The van der Waals surface area contributed by atoms with Crippen LogP contribution in [0.3, 0.4) is 0 Å². The van der Waals surface area contributed by atoms with Gasteiger partial charge in [-0.15, -0.1) is 0 Å². The topological polar surface area (TPSA) is 73.2 Å². The summed E-state index contributed by atoms with van der Waals surface area (Å²) in [5.74, 6) is 0.193. The molecule has 2 aliphatic rings. The number of nitro benzene ring substituents is 1. The normalized spacial score (nSPS) is 18.4. The lowest BCUT2D eigenvalue weighted by Crippen LogP contribution is -2.53. The first kappa shape index (κ1) is 23.4. The van der Waals surface area contributed by atoms with E-state index in [1.807, 2.05) is 17.0 Å². The minimum atomic E-state index is -0.323. The molecule has 0 aliphatic carbocycles. The average Bonchev–Trinajstić information content (AvgIpc) is 2.85. The Morgan fingerprint density at radius 2 is 1.39 bits per heavy atom.